The van der Waals surface area contributed by atoms with Crippen LogP contribution in [0.4, 0.5) is 5.69 Å². The predicted molar refractivity (Wildman–Crippen MR) is 90.0 cm³/mol. The summed E-state index contributed by atoms with van der Waals surface area (Å²) in [6.45, 7) is 0.513. The van der Waals surface area contributed by atoms with Crippen molar-refractivity contribution in [2.75, 3.05) is 5.32 Å². The lowest BCUT2D eigenvalue weighted by molar-refractivity contribution is 1.15. The van der Waals surface area contributed by atoms with Crippen LogP contribution < -0.4 is 11.0 Å². The summed E-state index contributed by atoms with van der Waals surface area (Å²) in [6.07, 6.45) is 0. The van der Waals surface area contributed by atoms with E-state index >= 15 is 0 Å². The van der Waals surface area contributed by atoms with Crippen molar-refractivity contribution in [1.82, 2.24) is 9.97 Å². The molecule has 0 fully saturated rings. The Morgan fingerprint density at radius 2 is 1.67 bits per heavy atom. The van der Waals surface area contributed by atoms with Crippen molar-refractivity contribution in [1.29, 1.82) is 0 Å². The molecular weight excluding hydrogens is 333 g/mol. The van der Waals surface area contributed by atoms with E-state index in [1.165, 1.54) is 0 Å². The SMILES string of the molecule is Cl.O=c1[nH]c2ccc(NCc3c(Cl)cccc3Cl)cc2[nH]1. The van der Waals surface area contributed by atoms with Crippen LogP contribution in [0.15, 0.2) is 41.2 Å². The zero-order chi connectivity index (χ0) is 14.1. The Balaban J connectivity index is 0.00000161. The molecule has 0 aliphatic heterocycles. The molecule has 3 N–H and O–H groups in total. The molecule has 3 rings (SSSR count). The summed E-state index contributed by atoms with van der Waals surface area (Å²) in [7, 11) is 0. The van der Waals surface area contributed by atoms with Gasteiger partial charge in [0.25, 0.3) is 0 Å². The molecule has 0 amide bonds. The van der Waals surface area contributed by atoms with Crippen LogP contribution >= 0.6 is 35.6 Å². The van der Waals surface area contributed by atoms with Gasteiger partial charge >= 0.3 is 5.69 Å². The molecule has 2 aromatic carbocycles. The Labute approximate surface area is 136 Å². The number of imidazole rings is 1. The molecule has 0 bridgehead atoms. The Kier molecular flexibility index (Phi) is 4.83. The number of anilines is 1. The fourth-order valence-corrected chi connectivity index (χ4v) is 2.57. The molecule has 3 aromatic rings. The predicted octanol–water partition coefficient (Wildman–Crippen LogP) is 4.20. The second-order valence-corrected chi connectivity index (χ2v) is 5.21. The van der Waals surface area contributed by atoms with E-state index in [1.807, 2.05) is 24.3 Å². The van der Waals surface area contributed by atoms with E-state index in [2.05, 4.69) is 15.3 Å². The summed E-state index contributed by atoms with van der Waals surface area (Å²) < 4.78 is 0. The van der Waals surface area contributed by atoms with Crippen LogP contribution in [0.5, 0.6) is 0 Å². The Bertz CT molecular complexity index is 805. The number of H-pyrrole nitrogens is 2. The van der Waals surface area contributed by atoms with Gasteiger partial charge in [0, 0.05) is 27.8 Å². The van der Waals surface area contributed by atoms with E-state index in [-0.39, 0.29) is 18.1 Å². The van der Waals surface area contributed by atoms with E-state index in [0.717, 1.165) is 22.3 Å². The van der Waals surface area contributed by atoms with E-state index in [1.54, 1.807) is 12.1 Å². The van der Waals surface area contributed by atoms with Crippen LogP contribution in [0, 0.1) is 0 Å². The number of benzene rings is 2. The summed E-state index contributed by atoms with van der Waals surface area (Å²) in [4.78, 5) is 16.6. The zero-order valence-electron chi connectivity index (χ0n) is 10.7. The number of rotatable bonds is 3. The van der Waals surface area contributed by atoms with Gasteiger partial charge in [-0.3, -0.25) is 0 Å². The van der Waals surface area contributed by atoms with Crippen LogP contribution in [-0.4, -0.2) is 9.97 Å². The average molecular weight is 345 g/mol. The molecule has 1 heterocycles. The molecule has 0 spiro atoms. The third-order valence-corrected chi connectivity index (χ3v) is 3.76. The van der Waals surface area contributed by atoms with Gasteiger partial charge in [0.1, 0.15) is 0 Å². The first-order chi connectivity index (χ1) is 9.63. The number of aromatic amines is 2. The van der Waals surface area contributed by atoms with Gasteiger partial charge in [-0.25, -0.2) is 4.79 Å². The molecule has 0 aliphatic carbocycles. The third-order valence-electron chi connectivity index (χ3n) is 3.05. The first kappa shape index (κ1) is 15.8. The van der Waals surface area contributed by atoms with Gasteiger partial charge in [-0.05, 0) is 30.3 Å². The van der Waals surface area contributed by atoms with E-state index < -0.39 is 0 Å². The van der Waals surface area contributed by atoms with E-state index in [9.17, 15) is 4.79 Å². The monoisotopic (exact) mass is 343 g/mol. The molecule has 0 atom stereocenters. The number of aromatic nitrogens is 2. The topological polar surface area (TPSA) is 60.7 Å². The molecule has 110 valence electrons. The molecular formula is C14H12Cl3N3O. The maximum Gasteiger partial charge on any atom is 0.323 e. The van der Waals surface area contributed by atoms with Gasteiger partial charge in [0.2, 0.25) is 0 Å². The van der Waals surface area contributed by atoms with Crippen LogP contribution in [0.3, 0.4) is 0 Å². The van der Waals surface area contributed by atoms with Crippen molar-refractivity contribution in [3.63, 3.8) is 0 Å². The van der Waals surface area contributed by atoms with Crippen molar-refractivity contribution in [3.8, 4) is 0 Å². The molecule has 7 heteroatoms. The summed E-state index contributed by atoms with van der Waals surface area (Å²) in [6, 6.07) is 11.0. The minimum absolute atomic E-state index is 0. The van der Waals surface area contributed by atoms with Gasteiger partial charge < -0.3 is 15.3 Å². The summed E-state index contributed by atoms with van der Waals surface area (Å²) in [5.74, 6) is 0. The van der Waals surface area contributed by atoms with E-state index in [4.69, 9.17) is 23.2 Å². The Morgan fingerprint density at radius 1 is 1.00 bits per heavy atom. The number of halogens is 3. The number of nitrogens with one attached hydrogen (secondary N) is 3. The standard InChI is InChI=1S/C14H11Cl2N3O.ClH/c15-10-2-1-3-11(16)9(10)7-17-8-4-5-12-13(6-8)19-14(20)18-12;/h1-6,17H,7H2,(H2,18,19,20);1H. The van der Waals surface area contributed by atoms with Crippen LogP contribution in [0.2, 0.25) is 10.0 Å². The van der Waals surface area contributed by atoms with E-state index in [0.29, 0.717) is 16.6 Å². The quantitative estimate of drug-likeness (QED) is 0.667. The third kappa shape index (κ3) is 3.35. The van der Waals surface area contributed by atoms with Crippen LogP contribution in [0.1, 0.15) is 5.56 Å². The van der Waals surface area contributed by atoms with Crippen molar-refractivity contribution in [3.05, 3.63) is 62.5 Å². The molecule has 21 heavy (non-hydrogen) atoms. The minimum Gasteiger partial charge on any atom is -0.381 e. The molecule has 0 aliphatic rings. The highest BCUT2D eigenvalue weighted by molar-refractivity contribution is 6.36. The highest BCUT2D eigenvalue weighted by atomic mass is 35.5. The Morgan fingerprint density at radius 3 is 2.38 bits per heavy atom. The maximum absolute atomic E-state index is 11.2. The van der Waals surface area contributed by atoms with Crippen molar-refractivity contribution in [2.45, 2.75) is 6.54 Å². The normalized spacial score (nSPS) is 10.4. The zero-order valence-corrected chi connectivity index (χ0v) is 13.1. The highest BCUT2D eigenvalue weighted by Gasteiger charge is 2.05. The lowest BCUT2D eigenvalue weighted by atomic mass is 10.2. The molecule has 0 unspecified atom stereocenters. The minimum atomic E-state index is -0.216. The number of fused-ring (bicyclic) bond motifs is 1. The lowest BCUT2D eigenvalue weighted by Gasteiger charge is -2.09. The van der Waals surface area contributed by atoms with Gasteiger partial charge in [0.15, 0.2) is 0 Å². The van der Waals surface area contributed by atoms with Gasteiger partial charge in [-0.1, -0.05) is 29.3 Å². The van der Waals surface area contributed by atoms with Crippen molar-refractivity contribution < 1.29 is 0 Å². The largest absolute Gasteiger partial charge is 0.381 e. The van der Waals surface area contributed by atoms with Crippen molar-refractivity contribution in [2.24, 2.45) is 0 Å². The van der Waals surface area contributed by atoms with Gasteiger partial charge in [-0.2, -0.15) is 0 Å². The average Bonchev–Trinajstić information content (AvgIpc) is 2.77. The first-order valence-corrected chi connectivity index (χ1v) is 6.78. The first-order valence-electron chi connectivity index (χ1n) is 6.02. The fraction of sp³-hybridized carbons (Fsp3) is 0.0714. The summed E-state index contributed by atoms with van der Waals surface area (Å²) in [5.41, 5.74) is 3.04. The second-order valence-electron chi connectivity index (χ2n) is 4.39. The van der Waals surface area contributed by atoms with Gasteiger partial charge in [0.05, 0.1) is 11.0 Å². The second kappa shape index (κ2) is 6.43. The highest BCUT2D eigenvalue weighted by Crippen LogP contribution is 2.25. The molecule has 1 aromatic heterocycles. The molecule has 0 saturated heterocycles. The summed E-state index contributed by atoms with van der Waals surface area (Å²) >= 11 is 12.2. The lowest BCUT2D eigenvalue weighted by Crippen LogP contribution is -2.01. The molecule has 0 radical (unpaired) electrons. The van der Waals surface area contributed by atoms with Crippen LogP contribution in [0.25, 0.3) is 11.0 Å². The Hall–Kier alpha value is -1.62. The fourth-order valence-electron chi connectivity index (χ4n) is 2.03. The molecule has 0 saturated carbocycles. The van der Waals surface area contributed by atoms with Crippen molar-refractivity contribution >= 4 is 52.3 Å². The number of hydrogen-bond acceptors (Lipinski definition) is 2. The van der Waals surface area contributed by atoms with Crippen LogP contribution in [-0.2, 0) is 6.54 Å². The van der Waals surface area contributed by atoms with Gasteiger partial charge in [-0.15, -0.1) is 12.4 Å². The molecule has 4 nitrogen and oxygen atoms in total. The summed E-state index contributed by atoms with van der Waals surface area (Å²) in [5, 5.41) is 4.49. The number of hydrogen-bond donors (Lipinski definition) is 3. The maximum atomic E-state index is 11.2. The smallest absolute Gasteiger partial charge is 0.323 e.